The number of aromatic nitrogens is 4. The summed E-state index contributed by atoms with van der Waals surface area (Å²) in [6, 6.07) is 6.28. The molecule has 2 atom stereocenters. The van der Waals surface area contributed by atoms with E-state index in [1.807, 2.05) is 17.2 Å². The molecule has 8 heteroatoms. The minimum atomic E-state index is -0.0627. The van der Waals surface area contributed by atoms with E-state index in [-0.39, 0.29) is 18.0 Å². The van der Waals surface area contributed by atoms with Crippen LogP contribution < -0.4 is 4.90 Å². The fourth-order valence-corrected chi connectivity index (χ4v) is 4.25. The van der Waals surface area contributed by atoms with E-state index >= 15 is 0 Å². The normalized spacial score (nSPS) is 21.4. The Balaban J connectivity index is 1.41. The van der Waals surface area contributed by atoms with Gasteiger partial charge in [-0.15, -0.1) is 0 Å². The van der Waals surface area contributed by atoms with Crippen LogP contribution in [0.3, 0.4) is 0 Å². The van der Waals surface area contributed by atoms with Gasteiger partial charge >= 0.3 is 0 Å². The molecule has 2 aliphatic rings. The molecule has 5 rings (SSSR count). The number of nitrogens with zero attached hydrogens (tertiary/aromatic N) is 7. The van der Waals surface area contributed by atoms with Crippen LogP contribution in [-0.2, 0) is 0 Å². The molecule has 0 saturated carbocycles. The van der Waals surface area contributed by atoms with Crippen molar-refractivity contribution >= 4 is 17.4 Å². The van der Waals surface area contributed by atoms with Crippen molar-refractivity contribution in [3.63, 3.8) is 0 Å². The van der Waals surface area contributed by atoms with E-state index in [4.69, 9.17) is 0 Å². The fourth-order valence-electron chi connectivity index (χ4n) is 4.25. The molecule has 1 amide bonds. The molecule has 2 fully saturated rings. The molecule has 2 unspecified atom stereocenters. The molecule has 5 heterocycles. The quantitative estimate of drug-likeness (QED) is 0.689. The number of imidazole rings is 1. The summed E-state index contributed by atoms with van der Waals surface area (Å²) in [7, 11) is 0. The highest BCUT2D eigenvalue weighted by Gasteiger charge is 2.42. The van der Waals surface area contributed by atoms with Crippen LogP contribution in [0.15, 0.2) is 43.1 Å². The number of pyridine rings is 1. The Morgan fingerprint density at radius 1 is 1.15 bits per heavy atom. The van der Waals surface area contributed by atoms with Crippen LogP contribution in [0.4, 0.5) is 5.69 Å². The number of carbonyl (C=O) groups is 1. The third-order valence-corrected chi connectivity index (χ3v) is 5.45. The second-order valence-corrected chi connectivity index (χ2v) is 6.95. The second kappa shape index (κ2) is 6.06. The van der Waals surface area contributed by atoms with Gasteiger partial charge in [0.15, 0.2) is 0 Å². The molecule has 27 heavy (non-hydrogen) atoms. The van der Waals surface area contributed by atoms with Crippen molar-refractivity contribution in [3.8, 4) is 6.07 Å². The predicted octanol–water partition coefficient (Wildman–Crippen LogP) is 1.49. The van der Waals surface area contributed by atoms with E-state index in [1.165, 1.54) is 0 Å². The van der Waals surface area contributed by atoms with Crippen molar-refractivity contribution in [2.24, 2.45) is 0 Å². The number of hydrogen-bond donors (Lipinski definition) is 0. The van der Waals surface area contributed by atoms with Gasteiger partial charge in [0.1, 0.15) is 11.8 Å². The molecular weight excluding hydrogens is 342 g/mol. The maximum absolute atomic E-state index is 13.0. The van der Waals surface area contributed by atoms with Gasteiger partial charge in [-0.3, -0.25) is 14.2 Å². The van der Waals surface area contributed by atoms with Crippen molar-refractivity contribution in [2.75, 3.05) is 18.0 Å². The van der Waals surface area contributed by atoms with E-state index in [2.05, 4.69) is 25.9 Å². The number of carbonyl (C=O) groups excluding carboxylic acids is 1. The zero-order valence-electron chi connectivity index (χ0n) is 14.6. The summed E-state index contributed by atoms with van der Waals surface area (Å²) in [5.41, 5.74) is 1.92. The molecule has 2 aliphatic heterocycles. The first-order valence-corrected chi connectivity index (χ1v) is 8.96. The maximum atomic E-state index is 13.0. The number of anilines is 1. The maximum Gasteiger partial charge on any atom is 0.272 e. The number of rotatable bonds is 2. The minimum absolute atomic E-state index is 0.0627. The zero-order valence-corrected chi connectivity index (χ0v) is 14.6. The van der Waals surface area contributed by atoms with Gasteiger partial charge in [0, 0.05) is 56.2 Å². The topological polar surface area (TPSA) is 90.4 Å². The summed E-state index contributed by atoms with van der Waals surface area (Å²) in [4.78, 5) is 29.8. The molecule has 2 saturated heterocycles. The minimum Gasteiger partial charge on any atom is -0.361 e. The first kappa shape index (κ1) is 15.8. The van der Waals surface area contributed by atoms with Crippen LogP contribution in [-0.4, -0.2) is 55.3 Å². The van der Waals surface area contributed by atoms with Crippen molar-refractivity contribution in [1.29, 1.82) is 5.26 Å². The Bertz CT molecular complexity index is 1060. The lowest BCUT2D eigenvalue weighted by Crippen LogP contribution is -2.55. The van der Waals surface area contributed by atoms with E-state index < -0.39 is 0 Å². The van der Waals surface area contributed by atoms with Crippen LogP contribution in [0, 0.1) is 11.3 Å². The molecule has 134 valence electrons. The number of nitriles is 1. The van der Waals surface area contributed by atoms with Crippen LogP contribution in [0.2, 0.25) is 0 Å². The number of likely N-dealkylation sites (tertiary alicyclic amines) is 1. The molecule has 8 nitrogen and oxygen atoms in total. The number of fused-ring (bicyclic) bond motifs is 3. The summed E-state index contributed by atoms with van der Waals surface area (Å²) >= 11 is 0. The molecule has 0 aliphatic carbocycles. The van der Waals surface area contributed by atoms with Crippen LogP contribution >= 0.6 is 0 Å². The molecule has 0 aromatic carbocycles. The van der Waals surface area contributed by atoms with Gasteiger partial charge in [0.25, 0.3) is 5.91 Å². The third kappa shape index (κ3) is 2.51. The highest BCUT2D eigenvalue weighted by atomic mass is 16.2. The van der Waals surface area contributed by atoms with Gasteiger partial charge in [-0.25, -0.2) is 9.97 Å². The Morgan fingerprint density at radius 3 is 2.74 bits per heavy atom. The fraction of sp³-hybridized carbons (Fsp3) is 0.316. The summed E-state index contributed by atoms with van der Waals surface area (Å²) < 4.78 is 1.78. The molecule has 2 bridgehead atoms. The molecule has 0 spiro atoms. The third-order valence-electron chi connectivity index (χ3n) is 5.45. The molecule has 0 N–H and O–H groups in total. The lowest BCUT2D eigenvalue weighted by molar-refractivity contribution is 0.0712. The average molecular weight is 359 g/mol. The van der Waals surface area contributed by atoms with Crippen molar-refractivity contribution in [1.82, 2.24) is 24.3 Å². The second-order valence-electron chi connectivity index (χ2n) is 6.95. The molecule has 3 aromatic rings. The van der Waals surface area contributed by atoms with Gasteiger partial charge in [-0.2, -0.15) is 5.26 Å². The van der Waals surface area contributed by atoms with E-state index in [0.717, 1.165) is 18.5 Å². The SMILES string of the molecule is N#Cc1cnccc1N1C2CCC1CN(C(=O)c1ccn3ccnc3n1)C2. The lowest BCUT2D eigenvalue weighted by atomic mass is 10.1. The van der Waals surface area contributed by atoms with Crippen molar-refractivity contribution < 1.29 is 4.79 Å². The highest BCUT2D eigenvalue weighted by molar-refractivity contribution is 5.93. The first-order chi connectivity index (χ1) is 13.2. The summed E-state index contributed by atoms with van der Waals surface area (Å²) in [5, 5.41) is 9.40. The van der Waals surface area contributed by atoms with Gasteiger partial charge in [-0.1, -0.05) is 0 Å². The van der Waals surface area contributed by atoms with E-state index in [0.29, 0.717) is 30.1 Å². The molecule has 3 aromatic heterocycles. The van der Waals surface area contributed by atoms with Crippen molar-refractivity contribution in [3.05, 3.63) is 54.4 Å². The van der Waals surface area contributed by atoms with E-state index in [9.17, 15) is 10.1 Å². The smallest absolute Gasteiger partial charge is 0.272 e. The standard InChI is InChI=1S/C19H17N7O/c20-9-13-10-21-5-3-17(13)26-14-1-2-15(26)12-25(11-14)18(27)16-4-7-24-8-6-22-19(24)23-16/h3-8,10,14-15H,1-2,11-12H2. The molecule has 0 radical (unpaired) electrons. The van der Waals surface area contributed by atoms with Crippen LogP contribution in [0.1, 0.15) is 28.9 Å². The van der Waals surface area contributed by atoms with Gasteiger partial charge in [0.05, 0.1) is 11.3 Å². The van der Waals surface area contributed by atoms with E-state index in [1.54, 1.807) is 35.3 Å². The van der Waals surface area contributed by atoms with Crippen LogP contribution in [0.25, 0.3) is 5.78 Å². The van der Waals surface area contributed by atoms with Gasteiger partial charge in [-0.05, 0) is 25.0 Å². The highest BCUT2D eigenvalue weighted by Crippen LogP contribution is 2.36. The summed E-state index contributed by atoms with van der Waals surface area (Å²) in [5.74, 6) is 0.463. The van der Waals surface area contributed by atoms with Gasteiger partial charge < -0.3 is 9.80 Å². The monoisotopic (exact) mass is 359 g/mol. The number of piperazine rings is 1. The van der Waals surface area contributed by atoms with Crippen molar-refractivity contribution in [2.45, 2.75) is 24.9 Å². The predicted molar refractivity (Wildman–Crippen MR) is 97.1 cm³/mol. The Kier molecular flexibility index (Phi) is 3.53. The number of amides is 1. The lowest BCUT2D eigenvalue weighted by Gasteiger charge is -2.42. The summed E-state index contributed by atoms with van der Waals surface area (Å²) in [6.07, 6.45) is 10.6. The zero-order chi connectivity index (χ0) is 18.4. The Morgan fingerprint density at radius 2 is 1.96 bits per heavy atom. The number of hydrogen-bond acceptors (Lipinski definition) is 6. The largest absolute Gasteiger partial charge is 0.361 e. The Hall–Kier alpha value is -3.47. The first-order valence-electron chi connectivity index (χ1n) is 8.96. The Labute approximate surface area is 155 Å². The van der Waals surface area contributed by atoms with Gasteiger partial charge in [0.2, 0.25) is 5.78 Å². The summed E-state index contributed by atoms with van der Waals surface area (Å²) in [6.45, 7) is 1.26. The van der Waals surface area contributed by atoms with Crippen LogP contribution in [0.5, 0.6) is 0 Å². The average Bonchev–Trinajstić information content (AvgIpc) is 3.28. The molecular formula is C19H17N7O.